The van der Waals surface area contributed by atoms with E-state index in [1.807, 2.05) is 31.2 Å². The number of benzene rings is 2. The van der Waals surface area contributed by atoms with Gasteiger partial charge in [0.25, 0.3) is 0 Å². The highest BCUT2D eigenvalue weighted by atomic mass is 16.7. The fourth-order valence-corrected chi connectivity index (χ4v) is 2.65. The lowest BCUT2D eigenvalue weighted by atomic mass is 9.99. The number of aryl methyl sites for hydroxylation is 1. The van der Waals surface area contributed by atoms with Crippen LogP contribution in [0.1, 0.15) is 5.56 Å². The quantitative estimate of drug-likeness (QED) is 0.627. The molecule has 0 aliphatic carbocycles. The van der Waals surface area contributed by atoms with E-state index in [0.717, 1.165) is 5.56 Å². The summed E-state index contributed by atoms with van der Waals surface area (Å²) in [6.45, 7) is 1.45. The molecule has 2 aromatic rings. The molecule has 1 heterocycles. The summed E-state index contributed by atoms with van der Waals surface area (Å²) in [5.41, 5.74) is 1.10. The average molecular weight is 362 g/mol. The predicted molar refractivity (Wildman–Crippen MR) is 92.1 cm³/mol. The van der Waals surface area contributed by atoms with Crippen LogP contribution in [0.2, 0.25) is 0 Å². The van der Waals surface area contributed by atoms with E-state index in [1.54, 1.807) is 24.3 Å². The molecule has 26 heavy (non-hydrogen) atoms. The van der Waals surface area contributed by atoms with E-state index in [9.17, 15) is 20.4 Å². The molecule has 140 valence electrons. The molecule has 1 saturated heterocycles. The van der Waals surface area contributed by atoms with E-state index in [1.165, 1.54) is 0 Å². The first-order chi connectivity index (χ1) is 12.5. The molecular formula is C19H22O7. The fourth-order valence-electron chi connectivity index (χ4n) is 2.65. The van der Waals surface area contributed by atoms with E-state index >= 15 is 0 Å². The van der Waals surface area contributed by atoms with Crippen molar-refractivity contribution in [1.29, 1.82) is 0 Å². The summed E-state index contributed by atoms with van der Waals surface area (Å²) in [5, 5.41) is 39.1. The van der Waals surface area contributed by atoms with Crippen molar-refractivity contribution in [3.8, 4) is 17.2 Å². The lowest BCUT2D eigenvalue weighted by Gasteiger charge is -2.39. The highest BCUT2D eigenvalue weighted by Gasteiger charge is 2.44. The van der Waals surface area contributed by atoms with Crippen molar-refractivity contribution in [3.63, 3.8) is 0 Å². The molecule has 1 aliphatic heterocycles. The Morgan fingerprint density at radius 1 is 0.885 bits per heavy atom. The molecule has 0 spiro atoms. The minimum Gasteiger partial charge on any atom is -0.458 e. The molecule has 5 unspecified atom stereocenters. The molecule has 0 saturated carbocycles. The van der Waals surface area contributed by atoms with Gasteiger partial charge in [0.1, 0.15) is 30.2 Å². The number of hydrogen-bond donors (Lipinski definition) is 4. The lowest BCUT2D eigenvalue weighted by molar-refractivity contribution is -0.277. The minimum absolute atomic E-state index is 0.289. The van der Waals surface area contributed by atoms with Crippen LogP contribution >= 0.6 is 0 Å². The van der Waals surface area contributed by atoms with Gasteiger partial charge < -0.3 is 34.6 Å². The number of hydrogen-bond acceptors (Lipinski definition) is 7. The van der Waals surface area contributed by atoms with E-state index in [0.29, 0.717) is 11.5 Å². The molecule has 0 aromatic heterocycles. The molecule has 3 rings (SSSR count). The maximum Gasteiger partial charge on any atom is 0.229 e. The van der Waals surface area contributed by atoms with E-state index < -0.39 is 37.3 Å². The zero-order valence-electron chi connectivity index (χ0n) is 14.2. The third kappa shape index (κ3) is 3.98. The van der Waals surface area contributed by atoms with E-state index in [4.69, 9.17) is 14.2 Å². The van der Waals surface area contributed by atoms with Gasteiger partial charge >= 0.3 is 0 Å². The number of ether oxygens (including phenoxy) is 3. The van der Waals surface area contributed by atoms with Gasteiger partial charge in [-0.25, -0.2) is 0 Å². The van der Waals surface area contributed by atoms with Crippen LogP contribution in [0.25, 0.3) is 0 Å². The maximum absolute atomic E-state index is 10.1. The molecule has 5 atom stereocenters. The van der Waals surface area contributed by atoms with Crippen LogP contribution in [0, 0.1) is 6.92 Å². The summed E-state index contributed by atoms with van der Waals surface area (Å²) in [6.07, 6.45) is -6.73. The normalized spacial score (nSPS) is 28.6. The molecule has 7 heteroatoms. The van der Waals surface area contributed by atoms with E-state index in [-0.39, 0.29) is 5.75 Å². The van der Waals surface area contributed by atoms with Crippen LogP contribution in [0.5, 0.6) is 17.2 Å². The van der Waals surface area contributed by atoms with Gasteiger partial charge in [-0.2, -0.15) is 0 Å². The highest BCUT2D eigenvalue weighted by Crippen LogP contribution is 2.34. The summed E-state index contributed by atoms with van der Waals surface area (Å²) < 4.78 is 16.9. The Bertz CT molecular complexity index is 716. The summed E-state index contributed by atoms with van der Waals surface area (Å²) in [4.78, 5) is 0. The Morgan fingerprint density at radius 2 is 1.54 bits per heavy atom. The van der Waals surface area contributed by atoms with Gasteiger partial charge in [-0.1, -0.05) is 29.8 Å². The van der Waals surface area contributed by atoms with Crippen LogP contribution < -0.4 is 9.47 Å². The van der Waals surface area contributed by atoms with Gasteiger partial charge in [-0.3, -0.25) is 0 Å². The smallest absolute Gasteiger partial charge is 0.229 e. The van der Waals surface area contributed by atoms with Crippen LogP contribution in [0.4, 0.5) is 0 Å². The topological polar surface area (TPSA) is 109 Å². The first-order valence-corrected chi connectivity index (χ1v) is 8.30. The fraction of sp³-hybridized carbons (Fsp3) is 0.368. The average Bonchev–Trinajstić information content (AvgIpc) is 2.65. The van der Waals surface area contributed by atoms with Gasteiger partial charge in [0.2, 0.25) is 6.29 Å². The summed E-state index contributed by atoms with van der Waals surface area (Å²) >= 11 is 0. The lowest BCUT2D eigenvalue weighted by Crippen LogP contribution is -2.60. The minimum atomic E-state index is -1.50. The van der Waals surface area contributed by atoms with Crippen LogP contribution in [-0.4, -0.2) is 57.7 Å². The molecule has 7 nitrogen and oxygen atoms in total. The van der Waals surface area contributed by atoms with Crippen LogP contribution in [0.15, 0.2) is 48.5 Å². The number of para-hydroxylation sites is 2. The molecule has 2 aromatic carbocycles. The second-order valence-corrected chi connectivity index (χ2v) is 6.18. The molecule has 4 N–H and O–H groups in total. The van der Waals surface area contributed by atoms with Gasteiger partial charge in [-0.15, -0.1) is 0 Å². The zero-order valence-corrected chi connectivity index (χ0v) is 14.2. The summed E-state index contributed by atoms with van der Waals surface area (Å²) in [7, 11) is 0. The van der Waals surface area contributed by atoms with Gasteiger partial charge in [0.15, 0.2) is 11.5 Å². The van der Waals surface area contributed by atoms with Crippen molar-refractivity contribution < 1.29 is 34.6 Å². The van der Waals surface area contributed by atoms with Crippen molar-refractivity contribution in [3.05, 3.63) is 54.1 Å². The van der Waals surface area contributed by atoms with Crippen molar-refractivity contribution in [2.75, 3.05) is 6.61 Å². The SMILES string of the molecule is Cc1ccc(Oc2ccccc2OC2OC(CO)C(O)C(O)C2O)cc1. The Morgan fingerprint density at radius 3 is 2.19 bits per heavy atom. The zero-order chi connectivity index (χ0) is 18.7. The van der Waals surface area contributed by atoms with Crippen molar-refractivity contribution in [1.82, 2.24) is 0 Å². The largest absolute Gasteiger partial charge is 0.458 e. The third-order valence-corrected chi connectivity index (χ3v) is 4.19. The van der Waals surface area contributed by atoms with Crippen LogP contribution in [-0.2, 0) is 4.74 Å². The van der Waals surface area contributed by atoms with Gasteiger partial charge in [0, 0.05) is 0 Å². The Labute approximate surface area is 151 Å². The second kappa shape index (κ2) is 8.03. The Hall–Kier alpha value is -2.16. The standard InChI is InChI=1S/C19H22O7/c1-11-6-8-12(9-7-11)24-13-4-2-3-5-14(13)25-19-18(23)17(22)16(21)15(10-20)26-19/h2-9,15-23H,10H2,1H3. The summed E-state index contributed by atoms with van der Waals surface area (Å²) in [5.74, 6) is 1.30. The number of rotatable bonds is 5. The van der Waals surface area contributed by atoms with Crippen molar-refractivity contribution in [2.45, 2.75) is 37.6 Å². The van der Waals surface area contributed by atoms with E-state index in [2.05, 4.69) is 0 Å². The van der Waals surface area contributed by atoms with Crippen molar-refractivity contribution >= 4 is 0 Å². The maximum atomic E-state index is 10.1. The molecule has 0 amide bonds. The Balaban J connectivity index is 1.78. The second-order valence-electron chi connectivity index (χ2n) is 6.18. The molecular weight excluding hydrogens is 340 g/mol. The third-order valence-electron chi connectivity index (χ3n) is 4.19. The molecule has 1 aliphatic rings. The first-order valence-electron chi connectivity index (χ1n) is 8.30. The Kier molecular flexibility index (Phi) is 5.75. The first kappa shape index (κ1) is 18.6. The number of aliphatic hydroxyl groups is 4. The molecule has 0 radical (unpaired) electrons. The van der Waals surface area contributed by atoms with Gasteiger partial charge in [-0.05, 0) is 31.2 Å². The summed E-state index contributed by atoms with van der Waals surface area (Å²) in [6, 6.07) is 14.3. The van der Waals surface area contributed by atoms with Crippen molar-refractivity contribution in [2.24, 2.45) is 0 Å². The number of aliphatic hydroxyl groups excluding tert-OH is 4. The molecule has 0 bridgehead atoms. The van der Waals surface area contributed by atoms with Gasteiger partial charge in [0.05, 0.1) is 6.61 Å². The van der Waals surface area contributed by atoms with Crippen LogP contribution in [0.3, 0.4) is 0 Å². The highest BCUT2D eigenvalue weighted by molar-refractivity contribution is 5.43. The predicted octanol–water partition coefficient (Wildman–Crippen LogP) is 0.966. The molecule has 1 fully saturated rings. The monoisotopic (exact) mass is 362 g/mol.